The van der Waals surface area contributed by atoms with E-state index >= 15 is 0 Å². The predicted molar refractivity (Wildman–Crippen MR) is 65.8 cm³/mol. The van der Waals surface area contributed by atoms with Crippen LogP contribution in [0.25, 0.3) is 0 Å². The fraction of sp³-hybridized carbons (Fsp3) is 0.231. The molecule has 5 heteroatoms. The summed E-state index contributed by atoms with van der Waals surface area (Å²) in [7, 11) is 0. The summed E-state index contributed by atoms with van der Waals surface area (Å²) in [6.45, 7) is 1.88. The molecule has 1 rings (SSSR count). The van der Waals surface area contributed by atoms with Crippen molar-refractivity contribution in [3.8, 4) is 0 Å². The van der Waals surface area contributed by atoms with E-state index in [-0.39, 0.29) is 12.3 Å². The number of rotatable bonds is 5. The first-order valence-corrected chi connectivity index (χ1v) is 5.54. The molecule has 0 aliphatic carbocycles. The summed E-state index contributed by atoms with van der Waals surface area (Å²) in [6, 6.07) is 9.14. The molecule has 0 unspecified atom stereocenters. The second-order valence-corrected chi connectivity index (χ2v) is 3.52. The van der Waals surface area contributed by atoms with Crippen molar-refractivity contribution >= 4 is 12.1 Å². The van der Waals surface area contributed by atoms with Gasteiger partial charge < -0.3 is 9.84 Å². The van der Waals surface area contributed by atoms with Gasteiger partial charge in [-0.25, -0.2) is 9.59 Å². The molecule has 1 aromatic rings. The lowest BCUT2D eigenvalue weighted by Gasteiger charge is -2.07. The van der Waals surface area contributed by atoms with Crippen LogP contribution in [0.5, 0.6) is 0 Å². The number of hydrogen-bond donors (Lipinski definition) is 2. The monoisotopic (exact) mass is 249 g/mol. The minimum Gasteiger partial charge on any atom is -0.477 e. The van der Waals surface area contributed by atoms with E-state index in [1.807, 2.05) is 30.3 Å². The van der Waals surface area contributed by atoms with E-state index < -0.39 is 12.1 Å². The van der Waals surface area contributed by atoms with Crippen LogP contribution in [0, 0.1) is 0 Å². The Morgan fingerprint density at radius 3 is 2.56 bits per heavy atom. The molecule has 0 aromatic heterocycles. The van der Waals surface area contributed by atoms with Gasteiger partial charge in [0.2, 0.25) is 0 Å². The maximum atomic E-state index is 11.4. The van der Waals surface area contributed by atoms with Crippen LogP contribution >= 0.6 is 0 Å². The van der Waals surface area contributed by atoms with Crippen LogP contribution in [0.15, 0.2) is 42.1 Å². The Morgan fingerprint density at radius 2 is 2.00 bits per heavy atom. The molecule has 1 aromatic carbocycles. The number of alkyl carbamates (subject to hydrolysis) is 1. The van der Waals surface area contributed by atoms with Crippen LogP contribution in [-0.4, -0.2) is 17.2 Å². The van der Waals surface area contributed by atoms with E-state index in [1.54, 1.807) is 6.92 Å². The summed E-state index contributed by atoms with van der Waals surface area (Å²) in [5, 5.41) is 11.0. The molecule has 0 aliphatic heterocycles. The van der Waals surface area contributed by atoms with E-state index in [0.29, 0.717) is 6.42 Å². The second-order valence-electron chi connectivity index (χ2n) is 3.52. The molecule has 0 spiro atoms. The number of carboxylic acid groups (broad SMARTS) is 1. The topological polar surface area (TPSA) is 75.6 Å². The highest BCUT2D eigenvalue weighted by atomic mass is 16.5. The van der Waals surface area contributed by atoms with E-state index in [0.717, 1.165) is 5.56 Å². The Bertz CT molecular complexity index is 440. The van der Waals surface area contributed by atoms with Crippen molar-refractivity contribution in [1.29, 1.82) is 0 Å². The van der Waals surface area contributed by atoms with Gasteiger partial charge in [0, 0.05) is 0 Å². The van der Waals surface area contributed by atoms with Gasteiger partial charge in [0.1, 0.15) is 12.3 Å². The molecule has 0 radical (unpaired) electrons. The molecule has 2 N–H and O–H groups in total. The summed E-state index contributed by atoms with van der Waals surface area (Å²) < 4.78 is 4.90. The highest BCUT2D eigenvalue weighted by Gasteiger charge is 2.11. The molecule has 0 bridgehead atoms. The first-order chi connectivity index (χ1) is 8.63. The third-order valence-corrected chi connectivity index (χ3v) is 2.09. The zero-order chi connectivity index (χ0) is 13.4. The molecular formula is C13H15NO4. The zero-order valence-corrected chi connectivity index (χ0v) is 10.1. The number of nitrogens with one attached hydrogen (secondary N) is 1. The number of carbonyl (C=O) groups excluding carboxylic acids is 1. The minimum absolute atomic E-state index is 0.103. The fourth-order valence-corrected chi connectivity index (χ4v) is 1.27. The summed E-state index contributed by atoms with van der Waals surface area (Å²) in [5.74, 6) is -1.19. The smallest absolute Gasteiger partial charge is 0.412 e. The molecule has 18 heavy (non-hydrogen) atoms. The fourth-order valence-electron chi connectivity index (χ4n) is 1.27. The number of carbonyl (C=O) groups is 2. The van der Waals surface area contributed by atoms with Gasteiger partial charge in [0.15, 0.2) is 0 Å². The summed E-state index contributed by atoms with van der Waals surface area (Å²) in [4.78, 5) is 22.1. The second kappa shape index (κ2) is 7.11. The summed E-state index contributed by atoms with van der Waals surface area (Å²) in [6.07, 6.45) is 1.15. The molecule has 0 fully saturated rings. The maximum Gasteiger partial charge on any atom is 0.412 e. The minimum atomic E-state index is -1.19. The SMILES string of the molecule is CC/C=C(/NC(=O)OCc1ccccc1)C(=O)O. The van der Waals surface area contributed by atoms with Gasteiger partial charge in [-0.15, -0.1) is 0 Å². The molecule has 1 amide bonds. The number of aliphatic carboxylic acids is 1. The van der Waals surface area contributed by atoms with Gasteiger partial charge in [-0.05, 0) is 12.0 Å². The van der Waals surface area contributed by atoms with Crippen molar-refractivity contribution in [2.75, 3.05) is 0 Å². The van der Waals surface area contributed by atoms with Crippen molar-refractivity contribution < 1.29 is 19.4 Å². The van der Waals surface area contributed by atoms with Crippen LogP contribution in [-0.2, 0) is 16.1 Å². The number of benzene rings is 1. The number of allylic oxidation sites excluding steroid dienone is 1. The molecule has 0 heterocycles. The zero-order valence-electron chi connectivity index (χ0n) is 10.1. The lowest BCUT2D eigenvalue weighted by Crippen LogP contribution is -2.27. The van der Waals surface area contributed by atoms with Crippen molar-refractivity contribution in [3.05, 3.63) is 47.7 Å². The quantitative estimate of drug-likeness (QED) is 0.785. The predicted octanol–water partition coefficient (Wildman–Crippen LogP) is 2.29. The third-order valence-electron chi connectivity index (χ3n) is 2.09. The Labute approximate surface area is 105 Å². The van der Waals surface area contributed by atoms with Crippen LogP contribution in [0.1, 0.15) is 18.9 Å². The Hall–Kier alpha value is -2.30. The number of ether oxygens (including phenoxy) is 1. The largest absolute Gasteiger partial charge is 0.477 e. The van der Waals surface area contributed by atoms with Crippen molar-refractivity contribution in [2.24, 2.45) is 0 Å². The van der Waals surface area contributed by atoms with Crippen LogP contribution in [0.4, 0.5) is 4.79 Å². The van der Waals surface area contributed by atoms with Gasteiger partial charge in [-0.3, -0.25) is 5.32 Å². The summed E-state index contributed by atoms with van der Waals surface area (Å²) in [5.41, 5.74) is 0.666. The standard InChI is InChI=1S/C13H15NO4/c1-2-6-11(12(15)16)14-13(17)18-9-10-7-4-3-5-8-10/h3-8H,2,9H2,1H3,(H,14,17)(H,15,16)/b11-6+. The van der Waals surface area contributed by atoms with Gasteiger partial charge in [0.05, 0.1) is 0 Å². The van der Waals surface area contributed by atoms with Gasteiger partial charge >= 0.3 is 12.1 Å². The van der Waals surface area contributed by atoms with E-state index in [1.165, 1.54) is 6.08 Å². The van der Waals surface area contributed by atoms with E-state index in [4.69, 9.17) is 9.84 Å². The molecule has 96 valence electrons. The highest BCUT2D eigenvalue weighted by Crippen LogP contribution is 2.01. The molecule has 0 aliphatic rings. The van der Waals surface area contributed by atoms with Crippen LogP contribution < -0.4 is 5.32 Å². The lowest BCUT2D eigenvalue weighted by atomic mass is 10.2. The van der Waals surface area contributed by atoms with E-state index in [2.05, 4.69) is 5.32 Å². The first kappa shape index (κ1) is 13.8. The Balaban J connectivity index is 2.47. The number of hydrogen-bond acceptors (Lipinski definition) is 3. The average molecular weight is 249 g/mol. The summed E-state index contributed by atoms with van der Waals surface area (Å²) >= 11 is 0. The van der Waals surface area contributed by atoms with Crippen molar-refractivity contribution in [2.45, 2.75) is 20.0 Å². The molecule has 0 saturated heterocycles. The van der Waals surface area contributed by atoms with Crippen molar-refractivity contribution in [1.82, 2.24) is 5.32 Å². The van der Waals surface area contributed by atoms with Gasteiger partial charge in [-0.1, -0.05) is 43.3 Å². The third kappa shape index (κ3) is 4.69. The molecule has 0 atom stereocenters. The van der Waals surface area contributed by atoms with Crippen LogP contribution in [0.3, 0.4) is 0 Å². The number of amides is 1. The Kier molecular flexibility index (Phi) is 5.44. The van der Waals surface area contributed by atoms with Crippen LogP contribution in [0.2, 0.25) is 0 Å². The van der Waals surface area contributed by atoms with Gasteiger partial charge in [0.25, 0.3) is 0 Å². The molecule has 5 nitrogen and oxygen atoms in total. The lowest BCUT2D eigenvalue weighted by molar-refractivity contribution is -0.133. The molecular weight excluding hydrogens is 234 g/mol. The Morgan fingerprint density at radius 1 is 1.33 bits per heavy atom. The normalized spacial score (nSPS) is 10.8. The van der Waals surface area contributed by atoms with E-state index in [9.17, 15) is 9.59 Å². The van der Waals surface area contributed by atoms with Gasteiger partial charge in [-0.2, -0.15) is 0 Å². The highest BCUT2D eigenvalue weighted by molar-refractivity contribution is 5.90. The number of carboxylic acids is 1. The first-order valence-electron chi connectivity index (χ1n) is 5.54. The maximum absolute atomic E-state index is 11.4. The average Bonchev–Trinajstić information content (AvgIpc) is 2.37. The molecule has 0 saturated carbocycles. The van der Waals surface area contributed by atoms with Crippen molar-refractivity contribution in [3.63, 3.8) is 0 Å².